The van der Waals surface area contributed by atoms with E-state index in [2.05, 4.69) is 59.8 Å². The smallest absolute Gasteiger partial charge is 0.488 e. The number of esters is 2. The largest absolute Gasteiger partial charge is 4.00 e. The number of halogens is 4. The average molecular weight is 548 g/mol. The van der Waals surface area contributed by atoms with Crippen molar-refractivity contribution < 1.29 is 58.3 Å². The Morgan fingerprint density at radius 1 is 0.703 bits per heavy atom. The van der Waals surface area contributed by atoms with Gasteiger partial charge < -0.3 is 9.47 Å². The molecular formula is C28H24F4O4Ti. The van der Waals surface area contributed by atoms with Crippen molar-refractivity contribution in [1.29, 1.82) is 0 Å². The average Bonchev–Trinajstić information content (AvgIpc) is 3.46. The number of rotatable bonds is 2. The summed E-state index contributed by atoms with van der Waals surface area (Å²) in [6.07, 6.45) is 16.7. The van der Waals surface area contributed by atoms with Crippen LogP contribution in [-0.4, -0.2) is 11.9 Å². The fourth-order valence-electron chi connectivity index (χ4n) is 2.36. The van der Waals surface area contributed by atoms with Crippen molar-refractivity contribution in [2.24, 2.45) is 0 Å². The first kappa shape index (κ1) is 33.8. The van der Waals surface area contributed by atoms with Gasteiger partial charge in [0.25, 0.3) is 11.9 Å². The van der Waals surface area contributed by atoms with Crippen LogP contribution in [0.4, 0.5) is 17.6 Å². The van der Waals surface area contributed by atoms with Crippen LogP contribution in [0.15, 0.2) is 59.7 Å². The first-order chi connectivity index (χ1) is 17.0. The minimum Gasteiger partial charge on any atom is -0.488 e. The molecule has 0 spiro atoms. The number of ether oxygens (including phenoxy) is 2. The van der Waals surface area contributed by atoms with Gasteiger partial charge in [-0.15, -0.1) is 49.2 Å². The first-order valence-electron chi connectivity index (χ1n) is 10.6. The molecule has 4 nitrogen and oxygen atoms in total. The van der Waals surface area contributed by atoms with Gasteiger partial charge >= 0.3 is 21.7 Å². The molecule has 0 unspecified atom stereocenters. The Kier molecular flexibility index (Phi) is 16.5. The molecule has 2 aromatic carbocycles. The zero-order valence-corrected chi connectivity index (χ0v) is 22.2. The Morgan fingerprint density at radius 3 is 1.24 bits per heavy atom. The number of benzene rings is 2. The number of allylic oxidation sites excluding steroid dienone is 8. The van der Waals surface area contributed by atoms with Crippen molar-refractivity contribution in [2.45, 2.75) is 40.5 Å². The third kappa shape index (κ3) is 15.5. The molecule has 9 heteroatoms. The third-order valence-electron chi connectivity index (χ3n) is 3.89. The van der Waals surface area contributed by atoms with Crippen molar-refractivity contribution in [2.75, 3.05) is 0 Å². The maximum Gasteiger partial charge on any atom is 4.00 e. The van der Waals surface area contributed by atoms with Crippen molar-refractivity contribution >= 4 is 11.9 Å². The van der Waals surface area contributed by atoms with Crippen molar-refractivity contribution in [1.82, 2.24) is 0 Å². The van der Waals surface area contributed by atoms with Crippen LogP contribution in [0.3, 0.4) is 0 Å². The Bertz CT molecular complexity index is 1070. The number of hydrogen-bond acceptors (Lipinski definition) is 4. The van der Waals surface area contributed by atoms with Crippen molar-refractivity contribution in [3.05, 3.63) is 107 Å². The van der Waals surface area contributed by atoms with E-state index < -0.39 is 35.2 Å². The number of carbonyl (C=O) groups excluding carboxylic acids is 2. The minimum atomic E-state index is -1.01. The van der Waals surface area contributed by atoms with Gasteiger partial charge in [0.1, 0.15) is 0 Å². The molecule has 2 aliphatic rings. The van der Waals surface area contributed by atoms with E-state index in [-0.39, 0.29) is 33.2 Å². The fraction of sp³-hybridized carbons (Fsp3) is 0.214. The van der Waals surface area contributed by atoms with Crippen LogP contribution in [0.25, 0.3) is 0 Å². The van der Waals surface area contributed by atoms with Crippen LogP contribution in [0, 0.1) is 47.6 Å². The van der Waals surface area contributed by atoms with Gasteiger partial charge in [-0.3, -0.25) is 21.7 Å². The molecular weight excluding hydrogens is 524 g/mol. The van der Waals surface area contributed by atoms with Crippen molar-refractivity contribution in [3.63, 3.8) is 0 Å². The fourth-order valence-corrected chi connectivity index (χ4v) is 2.36. The second-order valence-corrected chi connectivity index (χ2v) is 7.09. The van der Waals surface area contributed by atoms with Crippen LogP contribution in [-0.2, 0) is 31.3 Å². The second-order valence-electron chi connectivity index (χ2n) is 7.09. The molecule has 2 aliphatic carbocycles. The zero-order valence-electron chi connectivity index (χ0n) is 20.7. The molecule has 0 atom stereocenters. The second kappa shape index (κ2) is 18.1. The minimum absolute atomic E-state index is 0. The van der Waals surface area contributed by atoms with E-state index in [1.165, 1.54) is 11.1 Å². The maximum absolute atomic E-state index is 12.6. The van der Waals surface area contributed by atoms with Gasteiger partial charge in [-0.25, -0.2) is 40.9 Å². The molecule has 0 aliphatic heterocycles. The Labute approximate surface area is 229 Å². The molecule has 0 aromatic heterocycles. The Morgan fingerprint density at radius 2 is 1.05 bits per heavy atom. The number of carbonyl (C=O) groups is 2. The van der Waals surface area contributed by atoms with Gasteiger partial charge in [-0.1, -0.05) is 13.8 Å². The van der Waals surface area contributed by atoms with E-state index in [0.717, 1.165) is 51.0 Å². The van der Waals surface area contributed by atoms with Crippen LogP contribution in [0.5, 0.6) is 11.5 Å². The summed E-state index contributed by atoms with van der Waals surface area (Å²) in [5.41, 5.74) is 2.55. The first-order valence-corrected chi connectivity index (χ1v) is 10.6. The molecule has 192 valence electrons. The molecule has 0 N–H and O–H groups in total. The summed E-state index contributed by atoms with van der Waals surface area (Å²) in [6.45, 7) is 6.37. The number of hydrogen-bond donors (Lipinski definition) is 0. The third-order valence-corrected chi connectivity index (χ3v) is 3.89. The molecule has 0 bridgehead atoms. The van der Waals surface area contributed by atoms with Gasteiger partial charge in [-0.2, -0.15) is 12.2 Å². The van der Waals surface area contributed by atoms with E-state index in [1.807, 2.05) is 0 Å². The van der Waals surface area contributed by atoms with Crippen LogP contribution < -0.4 is 9.47 Å². The van der Waals surface area contributed by atoms with E-state index in [4.69, 9.17) is 0 Å². The molecule has 0 amide bonds. The van der Waals surface area contributed by atoms with E-state index in [1.54, 1.807) is 12.1 Å². The molecule has 0 radical (unpaired) electrons. The zero-order chi connectivity index (χ0) is 27.1. The molecule has 0 saturated heterocycles. The maximum atomic E-state index is 12.6. The topological polar surface area (TPSA) is 52.6 Å². The summed E-state index contributed by atoms with van der Waals surface area (Å²) in [6, 6.07) is 7.45. The van der Waals surface area contributed by atoms with Crippen molar-refractivity contribution in [3.8, 4) is 11.5 Å². The summed E-state index contributed by atoms with van der Waals surface area (Å²) in [4.78, 5) is 20.7. The molecule has 37 heavy (non-hydrogen) atoms. The van der Waals surface area contributed by atoms with Crippen LogP contribution in [0.1, 0.15) is 40.5 Å². The normalized spacial score (nSPS) is 12.2. The predicted molar refractivity (Wildman–Crippen MR) is 125 cm³/mol. The van der Waals surface area contributed by atoms with E-state index in [9.17, 15) is 27.2 Å². The van der Waals surface area contributed by atoms with Gasteiger partial charge in [0, 0.05) is 25.5 Å². The van der Waals surface area contributed by atoms with Gasteiger partial charge in [-0.05, 0) is 0 Å². The monoisotopic (exact) mass is 548 g/mol. The molecule has 4 rings (SSSR count). The van der Waals surface area contributed by atoms with Crippen LogP contribution >= 0.6 is 0 Å². The van der Waals surface area contributed by atoms with Gasteiger partial charge in [0.2, 0.25) is 0 Å². The SMILES string of the molecule is CC(=O)Oc1ccc(F)[c-]c1F.CC(=O)Oc1ccc(F)[c-]c1F.CC1=[C-]CC=C1.CC1=[C-]CC=C1.[Ti+4]. The predicted octanol–water partition coefficient (Wildman–Crippen LogP) is 6.77. The quantitative estimate of drug-likeness (QED) is 0.137. The summed E-state index contributed by atoms with van der Waals surface area (Å²) in [7, 11) is 0. The van der Waals surface area contributed by atoms with E-state index >= 15 is 0 Å². The molecule has 0 saturated carbocycles. The van der Waals surface area contributed by atoms with Crippen LogP contribution in [0.2, 0.25) is 0 Å². The molecule has 0 heterocycles. The van der Waals surface area contributed by atoms with Gasteiger partial charge in [0.05, 0.1) is 23.1 Å². The Balaban J connectivity index is 0.000000485. The Hall–Kier alpha value is -3.23. The summed E-state index contributed by atoms with van der Waals surface area (Å²) < 4.78 is 58.6. The summed E-state index contributed by atoms with van der Waals surface area (Å²) >= 11 is 0. The summed E-state index contributed by atoms with van der Waals surface area (Å²) in [5, 5.41) is 0. The van der Waals surface area contributed by atoms with Gasteiger partial charge in [0.15, 0.2) is 0 Å². The standard InChI is InChI=1S/2C8H5F2O2.2C6H7.Ti/c2*1-5(11)12-8-3-2-6(9)4-7(8)10;2*1-6-4-2-3-5-6;/h2*2-3H,1H3;2*2,4H,3H2,1H3;/q4*-1;+4. The summed E-state index contributed by atoms with van der Waals surface area (Å²) in [5.74, 6) is -5.63. The molecule has 0 fully saturated rings. The molecule has 2 aromatic rings. The van der Waals surface area contributed by atoms with E-state index in [0.29, 0.717) is 0 Å².